The van der Waals surface area contributed by atoms with Gasteiger partial charge in [0, 0.05) is 35.3 Å². The molecule has 1 N–H and O–H groups in total. The SMILES string of the molecule is COc1cc(C)[nH]c(=O)c1CN1CCc2c(Cl)cc(C(OC)C3(C)COC3)c(Cl)c2C1=O. The Hall–Kier alpha value is -2.06. The molecule has 1 saturated heterocycles. The first-order valence-electron chi connectivity index (χ1n) is 10.4. The topological polar surface area (TPSA) is 80.9 Å². The Morgan fingerprint density at radius 1 is 1.25 bits per heavy atom. The normalized spacial score (nSPS) is 18.2. The van der Waals surface area contributed by atoms with E-state index in [1.807, 2.05) is 0 Å². The molecule has 2 aliphatic rings. The van der Waals surface area contributed by atoms with Gasteiger partial charge in [-0.3, -0.25) is 9.59 Å². The number of carbonyl (C=O) groups excluding carboxylic acids is 1. The molecule has 0 aliphatic carbocycles. The molecule has 0 radical (unpaired) electrons. The van der Waals surface area contributed by atoms with Gasteiger partial charge in [0.05, 0.1) is 49.1 Å². The van der Waals surface area contributed by atoms with E-state index in [-0.39, 0.29) is 29.5 Å². The molecule has 1 aromatic heterocycles. The van der Waals surface area contributed by atoms with Crippen LogP contribution in [0.15, 0.2) is 16.9 Å². The second-order valence-corrected chi connectivity index (χ2v) is 9.47. The van der Waals surface area contributed by atoms with Crippen molar-refractivity contribution in [3.63, 3.8) is 0 Å². The summed E-state index contributed by atoms with van der Waals surface area (Å²) in [5.41, 5.74) is 2.30. The zero-order valence-corrected chi connectivity index (χ0v) is 20.0. The monoisotopic (exact) mass is 480 g/mol. The molecule has 7 nitrogen and oxygen atoms in total. The smallest absolute Gasteiger partial charge is 0.256 e. The van der Waals surface area contributed by atoms with E-state index in [1.54, 1.807) is 31.1 Å². The van der Waals surface area contributed by atoms with Gasteiger partial charge in [0.1, 0.15) is 5.75 Å². The largest absolute Gasteiger partial charge is 0.496 e. The van der Waals surface area contributed by atoms with E-state index in [0.29, 0.717) is 64.4 Å². The molecule has 0 saturated carbocycles. The molecule has 3 heterocycles. The molecule has 1 amide bonds. The highest BCUT2D eigenvalue weighted by Gasteiger charge is 2.44. The van der Waals surface area contributed by atoms with Crippen molar-refractivity contribution in [3.05, 3.63) is 60.5 Å². The van der Waals surface area contributed by atoms with Crippen molar-refractivity contribution in [1.29, 1.82) is 0 Å². The minimum Gasteiger partial charge on any atom is -0.496 e. The number of fused-ring (bicyclic) bond motifs is 1. The number of nitrogens with zero attached hydrogens (tertiary/aromatic N) is 1. The summed E-state index contributed by atoms with van der Waals surface area (Å²) in [7, 11) is 3.12. The highest BCUT2D eigenvalue weighted by molar-refractivity contribution is 6.37. The molecule has 9 heteroatoms. The Kier molecular flexibility index (Phi) is 6.29. The molecule has 4 rings (SSSR count). The molecule has 1 fully saturated rings. The van der Waals surface area contributed by atoms with Gasteiger partial charge in [0.15, 0.2) is 0 Å². The lowest BCUT2D eigenvalue weighted by Crippen LogP contribution is -2.45. The first-order valence-corrected chi connectivity index (χ1v) is 11.1. The van der Waals surface area contributed by atoms with Gasteiger partial charge in [-0.15, -0.1) is 0 Å². The number of aromatic nitrogens is 1. The summed E-state index contributed by atoms with van der Waals surface area (Å²) in [5, 5.41) is 0.827. The van der Waals surface area contributed by atoms with Crippen LogP contribution in [0.4, 0.5) is 0 Å². The number of halogens is 2. The van der Waals surface area contributed by atoms with Gasteiger partial charge in [-0.05, 0) is 31.0 Å². The number of amides is 1. The van der Waals surface area contributed by atoms with Crippen LogP contribution in [0.2, 0.25) is 10.0 Å². The van der Waals surface area contributed by atoms with E-state index in [1.165, 1.54) is 7.11 Å². The van der Waals surface area contributed by atoms with Crippen molar-refractivity contribution in [2.24, 2.45) is 5.41 Å². The van der Waals surface area contributed by atoms with Crippen LogP contribution in [0.5, 0.6) is 5.75 Å². The Balaban J connectivity index is 1.73. The minimum atomic E-state index is -0.366. The van der Waals surface area contributed by atoms with Gasteiger partial charge >= 0.3 is 0 Å². The number of hydrogen-bond donors (Lipinski definition) is 1. The van der Waals surface area contributed by atoms with Crippen LogP contribution in [0, 0.1) is 12.3 Å². The van der Waals surface area contributed by atoms with Gasteiger partial charge < -0.3 is 24.1 Å². The average Bonchev–Trinajstić information content (AvgIpc) is 2.73. The van der Waals surface area contributed by atoms with Crippen LogP contribution >= 0.6 is 23.2 Å². The zero-order valence-electron chi connectivity index (χ0n) is 18.5. The molecule has 32 heavy (non-hydrogen) atoms. The first-order chi connectivity index (χ1) is 15.2. The third-order valence-corrected chi connectivity index (χ3v) is 7.04. The Bertz CT molecular complexity index is 1130. The van der Waals surface area contributed by atoms with Crippen molar-refractivity contribution >= 4 is 29.1 Å². The first kappa shape index (κ1) is 23.1. The number of carbonyl (C=O) groups is 1. The summed E-state index contributed by atoms with van der Waals surface area (Å²) < 4.78 is 16.6. The van der Waals surface area contributed by atoms with Crippen molar-refractivity contribution in [2.75, 3.05) is 34.0 Å². The maximum absolute atomic E-state index is 13.5. The number of hydrogen-bond acceptors (Lipinski definition) is 5. The number of H-pyrrole nitrogens is 1. The lowest BCUT2D eigenvalue weighted by molar-refractivity contribution is -0.172. The second kappa shape index (κ2) is 8.71. The molecule has 2 aromatic rings. The fourth-order valence-corrected chi connectivity index (χ4v) is 5.23. The highest BCUT2D eigenvalue weighted by atomic mass is 35.5. The molecule has 172 valence electrons. The number of aromatic amines is 1. The third-order valence-electron chi connectivity index (χ3n) is 6.29. The molecule has 1 aromatic carbocycles. The van der Waals surface area contributed by atoms with Crippen molar-refractivity contribution in [1.82, 2.24) is 9.88 Å². The van der Waals surface area contributed by atoms with E-state index in [4.69, 9.17) is 37.4 Å². The predicted octanol–water partition coefficient (Wildman–Crippen LogP) is 3.92. The van der Waals surface area contributed by atoms with Gasteiger partial charge in [-0.1, -0.05) is 30.1 Å². The average molecular weight is 481 g/mol. The van der Waals surface area contributed by atoms with E-state index < -0.39 is 0 Å². The lowest BCUT2D eigenvalue weighted by atomic mass is 9.78. The zero-order chi connectivity index (χ0) is 23.2. The van der Waals surface area contributed by atoms with Crippen molar-refractivity contribution in [2.45, 2.75) is 32.9 Å². The van der Waals surface area contributed by atoms with E-state index in [2.05, 4.69) is 11.9 Å². The molecule has 1 atom stereocenters. The molecule has 0 bridgehead atoms. The maximum Gasteiger partial charge on any atom is 0.256 e. The molecule has 0 spiro atoms. The van der Waals surface area contributed by atoms with E-state index >= 15 is 0 Å². The van der Waals surface area contributed by atoms with Crippen LogP contribution < -0.4 is 10.3 Å². The highest BCUT2D eigenvalue weighted by Crippen LogP contribution is 2.47. The quantitative estimate of drug-likeness (QED) is 0.677. The molecular weight excluding hydrogens is 455 g/mol. The fraction of sp³-hybridized carbons (Fsp3) is 0.478. The number of nitrogens with one attached hydrogen (secondary N) is 1. The van der Waals surface area contributed by atoms with Crippen LogP contribution in [-0.4, -0.2) is 49.8 Å². The van der Waals surface area contributed by atoms with Gasteiger partial charge in [-0.2, -0.15) is 0 Å². The summed E-state index contributed by atoms with van der Waals surface area (Å²) >= 11 is 13.4. The minimum absolute atomic E-state index is 0.106. The second-order valence-electron chi connectivity index (χ2n) is 8.68. The standard InChI is InChI=1S/C23H26Cl2N2O5/c1-12-7-17(30-3)15(21(28)26-12)9-27-6-5-13-16(24)8-14(19(25)18(13)22(27)29)20(31-4)23(2)10-32-11-23/h7-8,20H,5-6,9-11H2,1-4H3,(H,26,28). The summed E-state index contributed by atoms with van der Waals surface area (Å²) in [6.07, 6.45) is 0.166. The summed E-state index contributed by atoms with van der Waals surface area (Å²) in [6.45, 7) is 5.42. The van der Waals surface area contributed by atoms with E-state index in [9.17, 15) is 9.59 Å². The number of pyridine rings is 1. The number of methoxy groups -OCH3 is 2. The van der Waals surface area contributed by atoms with Crippen molar-refractivity contribution in [3.8, 4) is 5.75 Å². The molecule has 2 aliphatic heterocycles. The van der Waals surface area contributed by atoms with Gasteiger partial charge in [0.25, 0.3) is 11.5 Å². The number of aryl methyl sites for hydroxylation is 1. The van der Waals surface area contributed by atoms with E-state index in [0.717, 1.165) is 5.56 Å². The predicted molar refractivity (Wildman–Crippen MR) is 122 cm³/mol. The summed E-state index contributed by atoms with van der Waals surface area (Å²) in [5.74, 6) is 0.173. The lowest BCUT2D eigenvalue weighted by Gasteiger charge is -2.44. The third kappa shape index (κ3) is 3.81. The summed E-state index contributed by atoms with van der Waals surface area (Å²) in [6, 6.07) is 3.54. The molecular formula is C23H26Cl2N2O5. The number of ether oxygens (including phenoxy) is 3. The maximum atomic E-state index is 13.5. The van der Waals surface area contributed by atoms with Crippen LogP contribution in [0.3, 0.4) is 0 Å². The fourth-order valence-electron chi connectivity index (χ4n) is 4.57. The summed E-state index contributed by atoms with van der Waals surface area (Å²) in [4.78, 5) is 30.5. The van der Waals surface area contributed by atoms with Crippen LogP contribution in [0.1, 0.15) is 45.8 Å². The van der Waals surface area contributed by atoms with Gasteiger partial charge in [0.2, 0.25) is 0 Å². The van der Waals surface area contributed by atoms with Crippen LogP contribution in [0.25, 0.3) is 0 Å². The molecule has 1 unspecified atom stereocenters. The number of rotatable bonds is 6. The Labute approximate surface area is 196 Å². The van der Waals surface area contributed by atoms with Gasteiger partial charge in [-0.25, -0.2) is 0 Å². The van der Waals surface area contributed by atoms with Crippen LogP contribution in [-0.2, 0) is 22.4 Å². The Morgan fingerprint density at radius 3 is 2.56 bits per heavy atom. The number of benzene rings is 1. The van der Waals surface area contributed by atoms with Crippen molar-refractivity contribution < 1.29 is 19.0 Å². The Morgan fingerprint density at radius 2 is 1.97 bits per heavy atom.